The fourth-order valence-corrected chi connectivity index (χ4v) is 2.70. The molecule has 3 rings (SSSR count). The highest BCUT2D eigenvalue weighted by Crippen LogP contribution is 2.32. The molecule has 2 heteroatoms. The molecule has 2 aromatic rings. The van der Waals surface area contributed by atoms with Gasteiger partial charge in [-0.3, -0.25) is 0 Å². The lowest BCUT2D eigenvalue weighted by Gasteiger charge is -2.19. The molecule has 2 aromatic heterocycles. The third-order valence-electron chi connectivity index (χ3n) is 3.66. The van der Waals surface area contributed by atoms with Crippen molar-refractivity contribution in [1.29, 1.82) is 0 Å². The maximum atomic E-state index is 4.76. The van der Waals surface area contributed by atoms with Gasteiger partial charge in [0.25, 0.3) is 0 Å². The van der Waals surface area contributed by atoms with Gasteiger partial charge in [0.15, 0.2) is 0 Å². The first-order chi connectivity index (χ1) is 7.83. The van der Waals surface area contributed by atoms with Crippen LogP contribution in [0.3, 0.4) is 0 Å². The first kappa shape index (κ1) is 9.88. The second kappa shape index (κ2) is 3.93. The molecule has 0 spiro atoms. The van der Waals surface area contributed by atoms with Crippen LogP contribution < -0.4 is 0 Å². The van der Waals surface area contributed by atoms with Gasteiger partial charge in [-0.1, -0.05) is 19.3 Å². The highest BCUT2D eigenvalue weighted by molar-refractivity contribution is 5.43. The summed E-state index contributed by atoms with van der Waals surface area (Å²) in [5.74, 6) is 0.703. The van der Waals surface area contributed by atoms with E-state index in [1.165, 1.54) is 43.4 Å². The molecule has 1 aliphatic rings. The van der Waals surface area contributed by atoms with Crippen LogP contribution in [0.25, 0.3) is 5.65 Å². The lowest BCUT2D eigenvalue weighted by Crippen LogP contribution is -2.04. The maximum absolute atomic E-state index is 4.76. The van der Waals surface area contributed by atoms with Crippen LogP contribution in [0.1, 0.15) is 49.3 Å². The number of hydrogen-bond acceptors (Lipinski definition) is 1. The molecule has 1 saturated carbocycles. The van der Waals surface area contributed by atoms with E-state index in [1.54, 1.807) is 0 Å². The zero-order valence-corrected chi connectivity index (χ0v) is 9.82. The molecular weight excluding hydrogens is 196 g/mol. The Kier molecular flexibility index (Phi) is 2.43. The fraction of sp³-hybridized carbons (Fsp3) is 0.500. The number of rotatable bonds is 1. The number of fused-ring (bicyclic) bond motifs is 1. The Morgan fingerprint density at radius 3 is 2.88 bits per heavy atom. The van der Waals surface area contributed by atoms with Gasteiger partial charge in [0.1, 0.15) is 5.65 Å². The lowest BCUT2D eigenvalue weighted by molar-refractivity contribution is 0.438. The van der Waals surface area contributed by atoms with Crippen molar-refractivity contribution >= 4 is 5.65 Å². The molecule has 0 aromatic carbocycles. The SMILES string of the molecule is Cc1ccn2cc(C3CCCCC3)nc2c1. The third kappa shape index (κ3) is 1.73. The molecule has 0 radical (unpaired) electrons. The van der Waals surface area contributed by atoms with Gasteiger partial charge in [0, 0.05) is 18.3 Å². The summed E-state index contributed by atoms with van der Waals surface area (Å²) in [5, 5.41) is 0. The molecule has 16 heavy (non-hydrogen) atoms. The van der Waals surface area contributed by atoms with Crippen molar-refractivity contribution < 1.29 is 0 Å². The van der Waals surface area contributed by atoms with Gasteiger partial charge in [-0.25, -0.2) is 4.98 Å². The minimum absolute atomic E-state index is 0.703. The van der Waals surface area contributed by atoms with E-state index in [0.29, 0.717) is 5.92 Å². The van der Waals surface area contributed by atoms with Gasteiger partial charge in [-0.2, -0.15) is 0 Å². The molecule has 0 bridgehead atoms. The normalized spacial score (nSPS) is 18.1. The average Bonchev–Trinajstić information content (AvgIpc) is 2.73. The summed E-state index contributed by atoms with van der Waals surface area (Å²) in [6, 6.07) is 4.30. The van der Waals surface area contributed by atoms with E-state index < -0.39 is 0 Å². The molecule has 2 nitrogen and oxygen atoms in total. The van der Waals surface area contributed by atoms with Gasteiger partial charge >= 0.3 is 0 Å². The van der Waals surface area contributed by atoms with Crippen molar-refractivity contribution in [2.75, 3.05) is 0 Å². The molecule has 0 unspecified atom stereocenters. The first-order valence-corrected chi connectivity index (χ1v) is 6.28. The molecule has 0 atom stereocenters. The quantitative estimate of drug-likeness (QED) is 0.707. The largest absolute Gasteiger partial charge is 0.307 e. The summed E-state index contributed by atoms with van der Waals surface area (Å²) < 4.78 is 2.15. The molecule has 0 amide bonds. The number of hydrogen-bond donors (Lipinski definition) is 0. The van der Waals surface area contributed by atoms with Crippen molar-refractivity contribution in [3.8, 4) is 0 Å². The van der Waals surface area contributed by atoms with Crippen LogP contribution in [-0.4, -0.2) is 9.38 Å². The molecule has 1 aliphatic carbocycles. The summed E-state index contributed by atoms with van der Waals surface area (Å²) >= 11 is 0. The van der Waals surface area contributed by atoms with Crippen molar-refractivity contribution in [3.63, 3.8) is 0 Å². The summed E-state index contributed by atoms with van der Waals surface area (Å²) in [6.07, 6.45) is 11.1. The van der Waals surface area contributed by atoms with Gasteiger partial charge in [0.05, 0.1) is 5.69 Å². The second-order valence-corrected chi connectivity index (χ2v) is 4.97. The summed E-state index contributed by atoms with van der Waals surface area (Å²) in [6.45, 7) is 2.12. The number of pyridine rings is 1. The number of nitrogens with zero attached hydrogens (tertiary/aromatic N) is 2. The van der Waals surface area contributed by atoms with Gasteiger partial charge in [-0.05, 0) is 37.5 Å². The van der Waals surface area contributed by atoms with Crippen molar-refractivity contribution in [2.45, 2.75) is 44.9 Å². The van der Waals surface area contributed by atoms with Gasteiger partial charge in [-0.15, -0.1) is 0 Å². The predicted molar refractivity (Wildman–Crippen MR) is 65.8 cm³/mol. The van der Waals surface area contributed by atoms with Crippen LogP contribution in [-0.2, 0) is 0 Å². The zero-order chi connectivity index (χ0) is 11.0. The molecular formula is C14H18N2. The van der Waals surface area contributed by atoms with Crippen LogP contribution in [0.5, 0.6) is 0 Å². The van der Waals surface area contributed by atoms with E-state index in [1.807, 2.05) is 0 Å². The first-order valence-electron chi connectivity index (χ1n) is 6.28. The number of aryl methyl sites for hydroxylation is 1. The lowest BCUT2D eigenvalue weighted by atomic mass is 9.87. The van der Waals surface area contributed by atoms with E-state index in [2.05, 4.69) is 35.9 Å². The van der Waals surface area contributed by atoms with E-state index >= 15 is 0 Å². The predicted octanol–water partition coefficient (Wildman–Crippen LogP) is 3.69. The minimum Gasteiger partial charge on any atom is -0.307 e. The van der Waals surface area contributed by atoms with Crippen molar-refractivity contribution in [2.24, 2.45) is 0 Å². The third-order valence-corrected chi connectivity index (χ3v) is 3.66. The van der Waals surface area contributed by atoms with Crippen LogP contribution in [0.15, 0.2) is 24.5 Å². The van der Waals surface area contributed by atoms with E-state index in [4.69, 9.17) is 4.98 Å². The summed E-state index contributed by atoms with van der Waals surface area (Å²) in [4.78, 5) is 4.76. The Morgan fingerprint density at radius 1 is 1.25 bits per heavy atom. The van der Waals surface area contributed by atoms with Crippen molar-refractivity contribution in [3.05, 3.63) is 35.8 Å². The van der Waals surface area contributed by atoms with Crippen LogP contribution >= 0.6 is 0 Å². The van der Waals surface area contributed by atoms with Crippen LogP contribution in [0, 0.1) is 6.92 Å². The Hall–Kier alpha value is -1.31. The Bertz CT molecular complexity index is 492. The Morgan fingerprint density at radius 2 is 2.06 bits per heavy atom. The van der Waals surface area contributed by atoms with E-state index in [9.17, 15) is 0 Å². The van der Waals surface area contributed by atoms with Gasteiger partial charge in [0.2, 0.25) is 0 Å². The van der Waals surface area contributed by atoms with Crippen LogP contribution in [0.2, 0.25) is 0 Å². The van der Waals surface area contributed by atoms with Crippen LogP contribution in [0.4, 0.5) is 0 Å². The van der Waals surface area contributed by atoms with Crippen molar-refractivity contribution in [1.82, 2.24) is 9.38 Å². The number of imidazole rings is 1. The smallest absolute Gasteiger partial charge is 0.137 e. The summed E-state index contributed by atoms with van der Waals surface area (Å²) in [5.41, 5.74) is 3.68. The monoisotopic (exact) mass is 214 g/mol. The summed E-state index contributed by atoms with van der Waals surface area (Å²) in [7, 11) is 0. The Balaban J connectivity index is 1.97. The maximum Gasteiger partial charge on any atom is 0.137 e. The second-order valence-electron chi connectivity index (χ2n) is 4.97. The molecule has 0 saturated heterocycles. The number of aromatic nitrogens is 2. The topological polar surface area (TPSA) is 17.3 Å². The highest BCUT2D eigenvalue weighted by atomic mass is 15.0. The molecule has 0 N–H and O–H groups in total. The van der Waals surface area contributed by atoms with E-state index in [0.717, 1.165) is 5.65 Å². The minimum atomic E-state index is 0.703. The highest BCUT2D eigenvalue weighted by Gasteiger charge is 2.18. The van der Waals surface area contributed by atoms with Gasteiger partial charge < -0.3 is 4.40 Å². The molecule has 84 valence electrons. The molecule has 1 fully saturated rings. The Labute approximate surface area is 96.3 Å². The fourth-order valence-electron chi connectivity index (χ4n) is 2.70. The molecule has 2 heterocycles. The molecule has 0 aliphatic heterocycles. The average molecular weight is 214 g/mol. The van der Waals surface area contributed by atoms with E-state index in [-0.39, 0.29) is 0 Å². The standard InChI is InChI=1S/C14H18N2/c1-11-7-8-16-10-13(15-14(16)9-11)12-5-3-2-4-6-12/h7-10,12H,2-6H2,1H3. The zero-order valence-electron chi connectivity index (χ0n) is 9.82.